The molecule has 1 heterocycles. The van der Waals surface area contributed by atoms with Crippen LogP contribution in [0, 0.1) is 11.3 Å². The quantitative estimate of drug-likeness (QED) is 0.734. The number of nitrogens with one attached hydrogen (secondary N) is 1. The van der Waals surface area contributed by atoms with Crippen LogP contribution >= 0.6 is 0 Å². The van der Waals surface area contributed by atoms with Crippen LogP contribution in [0.5, 0.6) is 0 Å². The van der Waals surface area contributed by atoms with Crippen molar-refractivity contribution in [3.8, 4) is 0 Å². The van der Waals surface area contributed by atoms with E-state index in [4.69, 9.17) is 4.74 Å². The van der Waals surface area contributed by atoms with Crippen LogP contribution in [0.2, 0.25) is 0 Å². The highest BCUT2D eigenvalue weighted by atomic mass is 16.5. The van der Waals surface area contributed by atoms with Crippen molar-refractivity contribution in [2.45, 2.75) is 46.8 Å². The van der Waals surface area contributed by atoms with Gasteiger partial charge in [-0.1, -0.05) is 27.7 Å². The fraction of sp³-hybridized carbons (Fsp3) is 1.00. The van der Waals surface area contributed by atoms with E-state index >= 15 is 0 Å². The van der Waals surface area contributed by atoms with Gasteiger partial charge in [0.1, 0.15) is 0 Å². The molecule has 4 nitrogen and oxygen atoms in total. The molecule has 2 N–H and O–H groups in total. The molecule has 0 aliphatic carbocycles. The SMILES string of the molecule is CC(C)CNCC(C)(C)CN1CC(C)OC(CO)C1. The van der Waals surface area contributed by atoms with Gasteiger partial charge < -0.3 is 15.2 Å². The molecule has 4 heteroatoms. The van der Waals surface area contributed by atoms with Crippen LogP contribution in [0.4, 0.5) is 0 Å². The molecule has 0 radical (unpaired) electrons. The van der Waals surface area contributed by atoms with Gasteiger partial charge >= 0.3 is 0 Å². The molecule has 0 saturated carbocycles. The molecule has 2 unspecified atom stereocenters. The number of rotatable bonds is 7. The lowest BCUT2D eigenvalue weighted by Crippen LogP contribution is -2.52. The van der Waals surface area contributed by atoms with E-state index in [0.717, 1.165) is 32.7 Å². The fourth-order valence-corrected chi connectivity index (χ4v) is 2.73. The zero-order valence-electron chi connectivity index (χ0n) is 13.3. The van der Waals surface area contributed by atoms with E-state index in [-0.39, 0.29) is 24.2 Å². The van der Waals surface area contributed by atoms with Gasteiger partial charge in [0.15, 0.2) is 0 Å². The van der Waals surface area contributed by atoms with Crippen molar-refractivity contribution in [3.63, 3.8) is 0 Å². The van der Waals surface area contributed by atoms with E-state index < -0.39 is 0 Å². The minimum atomic E-state index is -0.0248. The van der Waals surface area contributed by atoms with Crippen molar-refractivity contribution in [2.24, 2.45) is 11.3 Å². The minimum absolute atomic E-state index is 0.0248. The maximum atomic E-state index is 9.26. The molecule has 19 heavy (non-hydrogen) atoms. The summed E-state index contributed by atoms with van der Waals surface area (Å²) in [5, 5.41) is 12.8. The Hall–Kier alpha value is -0.160. The fourth-order valence-electron chi connectivity index (χ4n) is 2.73. The van der Waals surface area contributed by atoms with Gasteiger partial charge in [-0.2, -0.15) is 0 Å². The summed E-state index contributed by atoms with van der Waals surface area (Å²) in [4.78, 5) is 2.42. The van der Waals surface area contributed by atoms with Crippen molar-refractivity contribution in [3.05, 3.63) is 0 Å². The number of hydrogen-bond acceptors (Lipinski definition) is 4. The number of aliphatic hydroxyl groups is 1. The average molecular weight is 272 g/mol. The predicted molar refractivity (Wildman–Crippen MR) is 79.3 cm³/mol. The van der Waals surface area contributed by atoms with Crippen LogP contribution in [-0.2, 0) is 4.74 Å². The third kappa shape index (κ3) is 6.70. The number of morpholine rings is 1. The Morgan fingerprint density at radius 3 is 2.63 bits per heavy atom. The Balaban J connectivity index is 2.38. The molecular formula is C15H32N2O2. The van der Waals surface area contributed by atoms with E-state index in [1.54, 1.807) is 0 Å². The smallest absolute Gasteiger partial charge is 0.0936 e. The molecule has 1 fully saturated rings. The Labute approximate surface area is 118 Å². The average Bonchev–Trinajstić information content (AvgIpc) is 2.26. The second-order valence-electron chi connectivity index (χ2n) is 7.13. The summed E-state index contributed by atoms with van der Waals surface area (Å²) >= 11 is 0. The number of nitrogens with zero attached hydrogens (tertiary/aromatic N) is 1. The van der Waals surface area contributed by atoms with Gasteiger partial charge in [0.25, 0.3) is 0 Å². The lowest BCUT2D eigenvalue weighted by atomic mass is 9.92. The molecule has 1 aliphatic rings. The lowest BCUT2D eigenvalue weighted by Gasteiger charge is -2.40. The first-order chi connectivity index (χ1) is 8.82. The van der Waals surface area contributed by atoms with Crippen LogP contribution in [0.25, 0.3) is 0 Å². The normalized spacial score (nSPS) is 26.1. The maximum absolute atomic E-state index is 9.26. The minimum Gasteiger partial charge on any atom is -0.394 e. The van der Waals surface area contributed by atoms with Gasteiger partial charge in [-0.05, 0) is 24.8 Å². The van der Waals surface area contributed by atoms with Crippen molar-refractivity contribution in [1.82, 2.24) is 10.2 Å². The van der Waals surface area contributed by atoms with Gasteiger partial charge in [0, 0.05) is 26.2 Å². The molecule has 2 atom stereocenters. The second-order valence-corrected chi connectivity index (χ2v) is 7.13. The standard InChI is InChI=1S/C15H32N2O2/c1-12(2)6-16-10-15(4,5)11-17-7-13(3)19-14(8-17)9-18/h12-14,16,18H,6-11H2,1-5H3. The van der Waals surface area contributed by atoms with Gasteiger partial charge in [-0.15, -0.1) is 0 Å². The molecule has 114 valence electrons. The maximum Gasteiger partial charge on any atom is 0.0936 e. The first-order valence-corrected chi connectivity index (χ1v) is 7.52. The van der Waals surface area contributed by atoms with E-state index in [9.17, 15) is 5.11 Å². The largest absolute Gasteiger partial charge is 0.394 e. The second kappa shape index (κ2) is 7.58. The summed E-state index contributed by atoms with van der Waals surface area (Å²) in [6, 6.07) is 0. The first kappa shape index (κ1) is 16.9. The molecule has 1 saturated heterocycles. The molecule has 0 aromatic rings. The Morgan fingerprint density at radius 1 is 1.37 bits per heavy atom. The van der Waals surface area contributed by atoms with E-state index in [2.05, 4.69) is 44.8 Å². The molecule has 1 aliphatic heterocycles. The first-order valence-electron chi connectivity index (χ1n) is 7.52. The van der Waals surface area contributed by atoms with Crippen molar-refractivity contribution >= 4 is 0 Å². The summed E-state index contributed by atoms with van der Waals surface area (Å²) in [7, 11) is 0. The van der Waals surface area contributed by atoms with Crippen LogP contribution in [0.1, 0.15) is 34.6 Å². The summed E-state index contributed by atoms with van der Waals surface area (Å²) in [6.45, 7) is 16.2. The van der Waals surface area contributed by atoms with Gasteiger partial charge in [-0.25, -0.2) is 0 Å². The zero-order chi connectivity index (χ0) is 14.5. The van der Waals surface area contributed by atoms with Crippen LogP contribution in [0.15, 0.2) is 0 Å². The summed E-state index contributed by atoms with van der Waals surface area (Å²) in [5.74, 6) is 0.693. The molecule has 0 amide bonds. The van der Waals surface area contributed by atoms with Gasteiger partial charge in [-0.3, -0.25) is 4.90 Å². The third-order valence-corrected chi connectivity index (χ3v) is 3.41. The topological polar surface area (TPSA) is 44.7 Å². The van der Waals surface area contributed by atoms with E-state index in [0.29, 0.717) is 5.92 Å². The molecule has 1 rings (SSSR count). The summed E-state index contributed by atoms with van der Waals surface area (Å²) in [5.41, 5.74) is 0.242. The monoisotopic (exact) mass is 272 g/mol. The van der Waals surface area contributed by atoms with Crippen LogP contribution < -0.4 is 5.32 Å². The third-order valence-electron chi connectivity index (χ3n) is 3.41. The number of aliphatic hydroxyl groups excluding tert-OH is 1. The number of ether oxygens (including phenoxy) is 1. The van der Waals surface area contributed by atoms with Crippen LogP contribution in [-0.4, -0.2) is 61.5 Å². The van der Waals surface area contributed by atoms with E-state index in [1.165, 1.54) is 0 Å². The lowest BCUT2D eigenvalue weighted by molar-refractivity contribution is -0.101. The Morgan fingerprint density at radius 2 is 2.05 bits per heavy atom. The Bertz CT molecular complexity index is 257. The highest BCUT2D eigenvalue weighted by molar-refractivity contribution is 4.82. The Kier molecular flexibility index (Phi) is 6.74. The predicted octanol–water partition coefficient (Wildman–Crippen LogP) is 1.34. The van der Waals surface area contributed by atoms with Crippen LogP contribution in [0.3, 0.4) is 0 Å². The molecule has 0 aromatic heterocycles. The molecule has 0 bridgehead atoms. The summed E-state index contributed by atoms with van der Waals surface area (Å²) in [6.07, 6.45) is 0.188. The van der Waals surface area contributed by atoms with Gasteiger partial charge in [0.2, 0.25) is 0 Å². The van der Waals surface area contributed by atoms with Gasteiger partial charge in [0.05, 0.1) is 18.8 Å². The molecule has 0 aromatic carbocycles. The van der Waals surface area contributed by atoms with Crippen molar-refractivity contribution in [2.75, 3.05) is 39.3 Å². The highest BCUT2D eigenvalue weighted by Gasteiger charge is 2.29. The molecular weight excluding hydrogens is 240 g/mol. The zero-order valence-corrected chi connectivity index (χ0v) is 13.3. The van der Waals surface area contributed by atoms with E-state index in [1.807, 2.05) is 0 Å². The van der Waals surface area contributed by atoms with Crippen molar-refractivity contribution < 1.29 is 9.84 Å². The van der Waals surface area contributed by atoms with Crippen molar-refractivity contribution in [1.29, 1.82) is 0 Å². The summed E-state index contributed by atoms with van der Waals surface area (Å²) < 4.78 is 5.69. The molecule has 0 spiro atoms. The highest BCUT2D eigenvalue weighted by Crippen LogP contribution is 2.19. The number of hydrogen-bond donors (Lipinski definition) is 2.